The normalized spacial score (nSPS) is 10.4. The van der Waals surface area contributed by atoms with Gasteiger partial charge in [0, 0.05) is 5.69 Å². The zero-order valence-electron chi connectivity index (χ0n) is 12.5. The molecule has 0 fully saturated rings. The molecule has 1 aromatic heterocycles. The van der Waals surface area contributed by atoms with E-state index in [0.717, 1.165) is 17.0 Å². The predicted molar refractivity (Wildman–Crippen MR) is 82.7 cm³/mol. The molecule has 21 heavy (non-hydrogen) atoms. The summed E-state index contributed by atoms with van der Waals surface area (Å²) >= 11 is 0. The number of nitrogens with two attached hydrogens (primary N) is 1. The Morgan fingerprint density at radius 3 is 2.76 bits per heavy atom. The van der Waals surface area contributed by atoms with Crippen LogP contribution in [0, 0.1) is 6.92 Å². The van der Waals surface area contributed by atoms with Crippen LogP contribution in [0.15, 0.2) is 18.2 Å². The van der Waals surface area contributed by atoms with Crippen molar-refractivity contribution >= 4 is 17.3 Å². The molecule has 0 unspecified atom stereocenters. The van der Waals surface area contributed by atoms with E-state index in [-0.39, 0.29) is 11.6 Å². The first-order valence-corrected chi connectivity index (χ1v) is 6.94. The van der Waals surface area contributed by atoms with Gasteiger partial charge in [0.25, 0.3) is 5.91 Å². The van der Waals surface area contributed by atoms with Gasteiger partial charge >= 0.3 is 0 Å². The minimum absolute atomic E-state index is 0.222. The fraction of sp³-hybridized carbons (Fsp3) is 0.333. The molecular weight excluding hydrogens is 268 g/mol. The number of nitrogens with one attached hydrogen (secondary N) is 2. The number of nitrogens with zero attached hydrogens (tertiary/aromatic N) is 1. The minimum Gasteiger partial charge on any atom is -0.494 e. The monoisotopic (exact) mass is 288 g/mol. The summed E-state index contributed by atoms with van der Waals surface area (Å²) in [5.74, 6) is 0.455. The van der Waals surface area contributed by atoms with Crippen molar-refractivity contribution in [3.05, 3.63) is 35.2 Å². The number of rotatable bonds is 5. The maximum Gasteiger partial charge on any atom is 0.278 e. The van der Waals surface area contributed by atoms with Crippen molar-refractivity contribution in [3.63, 3.8) is 0 Å². The van der Waals surface area contributed by atoms with Crippen molar-refractivity contribution < 1.29 is 9.53 Å². The third-order valence-corrected chi connectivity index (χ3v) is 3.21. The van der Waals surface area contributed by atoms with Gasteiger partial charge in [-0.1, -0.05) is 6.92 Å². The average Bonchev–Trinajstić information content (AvgIpc) is 2.83. The molecule has 1 amide bonds. The number of aromatic nitrogens is 2. The van der Waals surface area contributed by atoms with Crippen molar-refractivity contribution in [3.8, 4) is 5.75 Å². The van der Waals surface area contributed by atoms with Crippen LogP contribution in [0.3, 0.4) is 0 Å². The van der Waals surface area contributed by atoms with Crippen molar-refractivity contribution in [1.82, 2.24) is 10.2 Å². The van der Waals surface area contributed by atoms with Gasteiger partial charge in [0.05, 0.1) is 18.0 Å². The molecule has 2 aromatic rings. The molecule has 1 aromatic carbocycles. The van der Waals surface area contributed by atoms with Gasteiger partial charge in [0.15, 0.2) is 5.69 Å². The number of amides is 1. The van der Waals surface area contributed by atoms with Crippen LogP contribution in [-0.4, -0.2) is 22.7 Å². The molecule has 0 aliphatic heterocycles. The molecule has 2 rings (SSSR count). The summed E-state index contributed by atoms with van der Waals surface area (Å²) in [5, 5.41) is 9.56. The lowest BCUT2D eigenvalue weighted by Gasteiger charge is -2.10. The first-order chi connectivity index (χ1) is 10.1. The number of carbonyl (C=O) groups is 1. The summed E-state index contributed by atoms with van der Waals surface area (Å²) in [5.41, 5.74) is 8.91. The number of H-pyrrole nitrogens is 1. The number of hydrogen-bond donors (Lipinski definition) is 3. The molecule has 112 valence electrons. The number of aryl methyl sites for hydroxylation is 2. The molecule has 6 heteroatoms. The Hall–Kier alpha value is -2.50. The molecular formula is C15H20N4O2. The second-order valence-electron chi connectivity index (χ2n) is 4.68. The molecule has 4 N–H and O–H groups in total. The largest absolute Gasteiger partial charge is 0.494 e. The maximum atomic E-state index is 12.2. The van der Waals surface area contributed by atoms with E-state index in [0.29, 0.717) is 24.4 Å². The zero-order chi connectivity index (χ0) is 15.4. The van der Waals surface area contributed by atoms with Crippen LogP contribution in [0.5, 0.6) is 5.75 Å². The van der Waals surface area contributed by atoms with Gasteiger partial charge in [-0.3, -0.25) is 9.89 Å². The van der Waals surface area contributed by atoms with Crippen molar-refractivity contribution in [1.29, 1.82) is 0 Å². The lowest BCUT2D eigenvalue weighted by Crippen LogP contribution is -2.15. The van der Waals surface area contributed by atoms with Crippen LogP contribution in [0.2, 0.25) is 0 Å². The highest BCUT2D eigenvalue weighted by Crippen LogP contribution is 2.23. The van der Waals surface area contributed by atoms with Crippen molar-refractivity contribution in [2.24, 2.45) is 0 Å². The molecule has 0 atom stereocenters. The third-order valence-electron chi connectivity index (χ3n) is 3.21. The van der Waals surface area contributed by atoms with Crippen LogP contribution in [0.25, 0.3) is 0 Å². The lowest BCUT2D eigenvalue weighted by molar-refractivity contribution is 0.102. The van der Waals surface area contributed by atoms with Gasteiger partial charge < -0.3 is 15.8 Å². The zero-order valence-corrected chi connectivity index (χ0v) is 12.5. The number of ether oxygens (including phenoxy) is 1. The van der Waals surface area contributed by atoms with Gasteiger partial charge in [-0.2, -0.15) is 5.10 Å². The van der Waals surface area contributed by atoms with E-state index >= 15 is 0 Å². The standard InChI is InChI=1S/C15H20N4O2/c1-4-11-13(16)14(19-18-11)15(20)17-12-7-6-10(21-5-2)8-9(12)3/h6-8H,4-5,16H2,1-3H3,(H,17,20)(H,18,19). The Morgan fingerprint density at radius 2 is 2.19 bits per heavy atom. The fourth-order valence-electron chi connectivity index (χ4n) is 2.04. The van der Waals surface area contributed by atoms with Gasteiger partial charge in [0.2, 0.25) is 0 Å². The first-order valence-electron chi connectivity index (χ1n) is 6.94. The highest BCUT2D eigenvalue weighted by molar-refractivity contribution is 6.06. The second kappa shape index (κ2) is 6.30. The Labute approximate surface area is 123 Å². The third kappa shape index (κ3) is 3.16. The lowest BCUT2D eigenvalue weighted by atomic mass is 10.2. The SMILES string of the molecule is CCOc1ccc(NC(=O)c2n[nH]c(CC)c2N)c(C)c1. The first kappa shape index (κ1) is 14.9. The van der Waals surface area contributed by atoms with E-state index in [1.165, 1.54) is 0 Å². The molecule has 0 aliphatic carbocycles. The van der Waals surface area contributed by atoms with Gasteiger partial charge in [-0.05, 0) is 44.0 Å². The molecule has 6 nitrogen and oxygen atoms in total. The van der Waals surface area contributed by atoms with Gasteiger partial charge in [-0.25, -0.2) is 0 Å². The van der Waals surface area contributed by atoms with Crippen LogP contribution in [0.1, 0.15) is 35.6 Å². The number of aromatic amines is 1. The summed E-state index contributed by atoms with van der Waals surface area (Å²) < 4.78 is 5.42. The predicted octanol–water partition coefficient (Wildman–Crippen LogP) is 2.51. The van der Waals surface area contributed by atoms with E-state index in [2.05, 4.69) is 15.5 Å². The Bertz CT molecular complexity index is 649. The molecule has 0 saturated heterocycles. The molecule has 1 heterocycles. The molecule has 0 bridgehead atoms. The number of benzene rings is 1. The number of nitrogen functional groups attached to an aromatic ring is 1. The number of anilines is 2. The Morgan fingerprint density at radius 1 is 1.43 bits per heavy atom. The van der Waals surface area contributed by atoms with E-state index in [4.69, 9.17) is 10.5 Å². The summed E-state index contributed by atoms with van der Waals surface area (Å²) in [6, 6.07) is 5.50. The molecule has 0 spiro atoms. The summed E-state index contributed by atoms with van der Waals surface area (Å²) in [4.78, 5) is 12.2. The van der Waals surface area contributed by atoms with E-state index in [1.54, 1.807) is 0 Å². The minimum atomic E-state index is -0.323. The van der Waals surface area contributed by atoms with Crippen LogP contribution in [0.4, 0.5) is 11.4 Å². The molecule has 0 saturated carbocycles. The second-order valence-corrected chi connectivity index (χ2v) is 4.68. The van der Waals surface area contributed by atoms with Crippen LogP contribution < -0.4 is 15.8 Å². The van der Waals surface area contributed by atoms with Crippen molar-refractivity contribution in [2.75, 3.05) is 17.7 Å². The quantitative estimate of drug-likeness (QED) is 0.788. The number of hydrogen-bond acceptors (Lipinski definition) is 4. The molecule has 0 radical (unpaired) electrons. The fourth-order valence-corrected chi connectivity index (χ4v) is 2.04. The Balaban J connectivity index is 2.17. The number of carbonyl (C=O) groups excluding carboxylic acids is 1. The topological polar surface area (TPSA) is 93.0 Å². The Kier molecular flexibility index (Phi) is 4.47. The highest BCUT2D eigenvalue weighted by atomic mass is 16.5. The van der Waals surface area contributed by atoms with Gasteiger partial charge in [0.1, 0.15) is 5.75 Å². The highest BCUT2D eigenvalue weighted by Gasteiger charge is 2.17. The van der Waals surface area contributed by atoms with Crippen LogP contribution in [-0.2, 0) is 6.42 Å². The smallest absolute Gasteiger partial charge is 0.278 e. The summed E-state index contributed by atoms with van der Waals surface area (Å²) in [7, 11) is 0. The molecule has 0 aliphatic rings. The average molecular weight is 288 g/mol. The van der Waals surface area contributed by atoms with Gasteiger partial charge in [-0.15, -0.1) is 0 Å². The summed E-state index contributed by atoms with van der Waals surface area (Å²) in [6.45, 7) is 6.39. The van der Waals surface area contributed by atoms with E-state index < -0.39 is 0 Å². The van der Waals surface area contributed by atoms with Crippen LogP contribution >= 0.6 is 0 Å². The van der Waals surface area contributed by atoms with E-state index in [1.807, 2.05) is 39.0 Å². The maximum absolute atomic E-state index is 12.2. The van der Waals surface area contributed by atoms with Crippen molar-refractivity contribution in [2.45, 2.75) is 27.2 Å². The van der Waals surface area contributed by atoms with E-state index in [9.17, 15) is 4.79 Å². The summed E-state index contributed by atoms with van der Waals surface area (Å²) in [6.07, 6.45) is 0.703.